The number of hydrogen-bond donors (Lipinski definition) is 0. The van der Waals surface area contributed by atoms with E-state index in [0.717, 1.165) is 16.7 Å². The van der Waals surface area contributed by atoms with Gasteiger partial charge in [0.2, 0.25) is 0 Å². The minimum atomic E-state index is -0.617. The van der Waals surface area contributed by atoms with E-state index in [0.29, 0.717) is 34.0 Å². The fraction of sp³-hybridized carbons (Fsp3) is 0.341. The van der Waals surface area contributed by atoms with Gasteiger partial charge >= 0.3 is 17.9 Å². The number of ether oxygens (including phenoxy) is 6. The Hall–Kier alpha value is -5.31. The van der Waals surface area contributed by atoms with Crippen LogP contribution in [-0.4, -0.2) is 56.0 Å². The molecule has 0 aliphatic rings. The molecule has 0 radical (unpaired) electrons. The summed E-state index contributed by atoms with van der Waals surface area (Å²) in [6.45, 7) is 23.6. The van der Waals surface area contributed by atoms with E-state index < -0.39 is 41.6 Å². The van der Waals surface area contributed by atoms with Crippen molar-refractivity contribution in [3.8, 4) is 17.2 Å². The van der Waals surface area contributed by atoms with Crippen LogP contribution in [0.4, 0.5) is 0 Å². The highest BCUT2D eigenvalue weighted by Gasteiger charge is 2.31. The van der Waals surface area contributed by atoms with E-state index in [2.05, 4.69) is 26.7 Å². The lowest BCUT2D eigenvalue weighted by Gasteiger charge is -2.32. The molecule has 0 heterocycles. The van der Waals surface area contributed by atoms with Crippen molar-refractivity contribution in [2.75, 3.05) is 19.8 Å². The Morgan fingerprint density at radius 1 is 0.500 bits per heavy atom. The Labute approximate surface area is 295 Å². The zero-order valence-corrected chi connectivity index (χ0v) is 30.1. The number of carbonyl (C=O) groups is 3. The Balaban J connectivity index is 1.84. The molecule has 3 rings (SSSR count). The van der Waals surface area contributed by atoms with Crippen LogP contribution < -0.4 is 14.2 Å². The van der Waals surface area contributed by atoms with Crippen LogP contribution in [0.3, 0.4) is 0 Å². The Morgan fingerprint density at radius 3 is 0.920 bits per heavy atom. The Morgan fingerprint density at radius 2 is 0.720 bits per heavy atom. The average molecular weight is 685 g/mol. The smallest absolute Gasteiger partial charge is 0.333 e. The Kier molecular flexibility index (Phi) is 14.0. The molecular weight excluding hydrogens is 636 g/mol. The molecule has 0 N–H and O–H groups in total. The van der Waals surface area contributed by atoms with Crippen LogP contribution in [0, 0.1) is 0 Å². The van der Waals surface area contributed by atoms with Crippen LogP contribution in [0.1, 0.15) is 65.2 Å². The summed E-state index contributed by atoms with van der Waals surface area (Å²) in [5, 5.41) is 0. The molecule has 0 bridgehead atoms. The highest BCUT2D eigenvalue weighted by Crippen LogP contribution is 2.40. The lowest BCUT2D eigenvalue weighted by molar-refractivity contribution is -0.145. The first-order valence-corrected chi connectivity index (χ1v) is 16.4. The van der Waals surface area contributed by atoms with Gasteiger partial charge in [-0.1, -0.05) is 56.1 Å². The average Bonchev–Trinajstić information content (AvgIpc) is 3.09. The maximum Gasteiger partial charge on any atom is 0.333 e. The summed E-state index contributed by atoms with van der Waals surface area (Å²) in [6.07, 6.45) is -1.35. The molecule has 9 nitrogen and oxygen atoms in total. The molecule has 50 heavy (non-hydrogen) atoms. The zero-order chi connectivity index (χ0) is 37.0. The van der Waals surface area contributed by atoms with Crippen molar-refractivity contribution in [2.45, 2.75) is 72.2 Å². The van der Waals surface area contributed by atoms with E-state index in [1.807, 2.05) is 72.8 Å². The van der Waals surface area contributed by atoms with Crippen molar-refractivity contribution in [1.82, 2.24) is 0 Å². The van der Waals surface area contributed by atoms with Crippen LogP contribution in [0.25, 0.3) is 0 Å². The molecule has 3 unspecified atom stereocenters. The quantitative estimate of drug-likeness (QED) is 0.0577. The largest absolute Gasteiger partial charge is 0.490 e. The second-order valence-electron chi connectivity index (χ2n) is 12.6. The van der Waals surface area contributed by atoms with E-state index >= 15 is 0 Å². The third-order valence-corrected chi connectivity index (χ3v) is 7.72. The minimum Gasteiger partial charge on any atom is -0.490 e. The summed E-state index contributed by atoms with van der Waals surface area (Å²) in [4.78, 5) is 35.6. The minimum absolute atomic E-state index is 0.189. The van der Waals surface area contributed by atoms with Crippen molar-refractivity contribution in [2.24, 2.45) is 0 Å². The molecule has 3 aromatic carbocycles. The molecule has 0 saturated carbocycles. The summed E-state index contributed by atoms with van der Waals surface area (Å²) >= 11 is 0. The molecule has 9 heteroatoms. The van der Waals surface area contributed by atoms with Gasteiger partial charge in [0.25, 0.3) is 0 Å². The lowest BCUT2D eigenvalue weighted by atomic mass is 9.71. The fourth-order valence-corrected chi connectivity index (χ4v) is 4.75. The van der Waals surface area contributed by atoms with Crippen molar-refractivity contribution in [1.29, 1.82) is 0 Å². The second kappa shape index (κ2) is 17.9. The third-order valence-electron chi connectivity index (χ3n) is 7.72. The van der Waals surface area contributed by atoms with Crippen molar-refractivity contribution < 1.29 is 42.8 Å². The van der Waals surface area contributed by atoms with Crippen LogP contribution in [0.5, 0.6) is 17.2 Å². The van der Waals surface area contributed by atoms with Gasteiger partial charge in [-0.25, -0.2) is 14.4 Å². The number of benzene rings is 3. The van der Waals surface area contributed by atoms with Gasteiger partial charge in [-0.2, -0.15) is 0 Å². The monoisotopic (exact) mass is 684 g/mol. The van der Waals surface area contributed by atoms with Gasteiger partial charge in [0.15, 0.2) is 0 Å². The van der Waals surface area contributed by atoms with Crippen LogP contribution in [-0.2, 0) is 34.0 Å². The highest BCUT2D eigenvalue weighted by molar-refractivity contribution is 5.87. The number of esters is 3. The molecule has 0 aliphatic carbocycles. The predicted molar refractivity (Wildman–Crippen MR) is 192 cm³/mol. The van der Waals surface area contributed by atoms with Gasteiger partial charge in [0.05, 0.1) is 0 Å². The van der Waals surface area contributed by atoms with E-state index in [9.17, 15) is 14.4 Å². The number of hydrogen-bond acceptors (Lipinski definition) is 9. The van der Waals surface area contributed by atoms with Crippen LogP contribution in [0.15, 0.2) is 109 Å². The normalized spacial score (nSPS) is 13.7. The molecule has 266 valence electrons. The van der Waals surface area contributed by atoms with Gasteiger partial charge in [-0.05, 0) is 102 Å². The molecular formula is C41H48O9. The molecule has 3 atom stereocenters. The van der Waals surface area contributed by atoms with E-state index in [1.54, 1.807) is 41.5 Å². The molecule has 0 saturated heterocycles. The van der Waals surface area contributed by atoms with E-state index in [1.165, 1.54) is 0 Å². The first-order valence-electron chi connectivity index (χ1n) is 16.4. The first kappa shape index (κ1) is 39.1. The third kappa shape index (κ3) is 11.1. The number of rotatable bonds is 18. The van der Waals surface area contributed by atoms with Gasteiger partial charge < -0.3 is 28.4 Å². The van der Waals surface area contributed by atoms with Crippen LogP contribution in [0.2, 0.25) is 0 Å². The molecule has 0 fully saturated rings. The topological polar surface area (TPSA) is 107 Å². The van der Waals surface area contributed by atoms with Gasteiger partial charge in [-0.15, -0.1) is 0 Å². The Bertz CT molecular complexity index is 1460. The van der Waals surface area contributed by atoms with Crippen molar-refractivity contribution in [3.05, 3.63) is 126 Å². The number of carbonyl (C=O) groups excluding carboxylic acids is 3. The molecule has 0 amide bonds. The standard InChI is InChI=1S/C41H48O9/c1-26(2)38(42)48-29(7)23-45-35-17-11-32(12-18-35)41(10,33-13-19-36(20-14-33)46-24-30(8)49-39(43)27(3)4)34-15-21-37(22-16-34)47-25-31(9)50-40(44)28(5)6/h11-22,29-31H,1,3,5,23-25H2,2,4,6-10H3. The summed E-state index contributed by atoms with van der Waals surface area (Å²) in [6, 6.07) is 23.3. The zero-order valence-electron chi connectivity index (χ0n) is 30.1. The summed E-state index contributed by atoms with van der Waals surface area (Å²) in [5.74, 6) is 0.517. The predicted octanol–water partition coefficient (Wildman–Crippen LogP) is 7.70. The van der Waals surface area contributed by atoms with Crippen LogP contribution >= 0.6 is 0 Å². The van der Waals surface area contributed by atoms with E-state index in [-0.39, 0.29) is 19.8 Å². The molecule has 0 aromatic heterocycles. The maximum absolute atomic E-state index is 11.9. The summed E-state index contributed by atoms with van der Waals surface area (Å²) < 4.78 is 33.7. The lowest BCUT2D eigenvalue weighted by Crippen LogP contribution is -2.26. The van der Waals surface area contributed by atoms with E-state index in [4.69, 9.17) is 28.4 Å². The SMILES string of the molecule is C=C(C)C(=O)OC(C)COc1ccc(C(C)(c2ccc(OCC(C)OC(=O)C(=C)C)cc2)c2ccc(OCC(C)OC(=O)C(=C)C)cc2)cc1. The highest BCUT2D eigenvalue weighted by atomic mass is 16.6. The van der Waals surface area contributed by atoms with Gasteiger partial charge in [0, 0.05) is 22.1 Å². The summed E-state index contributed by atoms with van der Waals surface area (Å²) in [5.41, 5.74) is 3.36. The van der Waals surface area contributed by atoms with Gasteiger partial charge in [0.1, 0.15) is 55.4 Å². The summed E-state index contributed by atoms with van der Waals surface area (Å²) in [7, 11) is 0. The molecule has 3 aromatic rings. The molecule has 0 spiro atoms. The first-order chi connectivity index (χ1) is 23.6. The fourth-order valence-electron chi connectivity index (χ4n) is 4.75. The van der Waals surface area contributed by atoms with Crippen molar-refractivity contribution in [3.63, 3.8) is 0 Å². The maximum atomic E-state index is 11.9. The molecule has 0 aliphatic heterocycles. The van der Waals surface area contributed by atoms with Gasteiger partial charge in [-0.3, -0.25) is 0 Å². The van der Waals surface area contributed by atoms with Crippen molar-refractivity contribution >= 4 is 17.9 Å². The second-order valence-corrected chi connectivity index (χ2v) is 12.6.